The Bertz CT molecular complexity index is 610. The standard InChI is InChI=1S/C17H19BrN2/c18-16-5-6-17(14(11-16)7-9-19)20-10-8-13-3-1-2-4-15(13)12-20/h1-6,11H,7-10,12,19H2. The monoisotopic (exact) mass is 330 g/mol. The van der Waals surface area contributed by atoms with Crippen molar-refractivity contribution in [2.24, 2.45) is 5.73 Å². The Labute approximate surface area is 128 Å². The Morgan fingerprint density at radius 3 is 2.70 bits per heavy atom. The molecule has 0 spiro atoms. The molecule has 0 bridgehead atoms. The van der Waals surface area contributed by atoms with Crippen LogP contribution in [0.25, 0.3) is 0 Å². The molecule has 1 heterocycles. The molecular weight excluding hydrogens is 312 g/mol. The maximum Gasteiger partial charge on any atom is 0.0432 e. The molecule has 20 heavy (non-hydrogen) atoms. The first-order chi connectivity index (χ1) is 9.78. The summed E-state index contributed by atoms with van der Waals surface area (Å²) in [4.78, 5) is 2.47. The zero-order chi connectivity index (χ0) is 13.9. The van der Waals surface area contributed by atoms with Gasteiger partial charge in [0.05, 0.1) is 0 Å². The highest BCUT2D eigenvalue weighted by atomic mass is 79.9. The van der Waals surface area contributed by atoms with Crippen LogP contribution in [0.4, 0.5) is 5.69 Å². The second kappa shape index (κ2) is 5.98. The maximum atomic E-state index is 5.75. The summed E-state index contributed by atoms with van der Waals surface area (Å²) in [6.07, 6.45) is 2.04. The molecule has 1 aliphatic heterocycles. The number of hydrogen-bond donors (Lipinski definition) is 1. The third kappa shape index (κ3) is 2.74. The fourth-order valence-corrected chi connectivity index (χ4v) is 3.33. The fraction of sp³-hybridized carbons (Fsp3) is 0.294. The van der Waals surface area contributed by atoms with Crippen LogP contribution >= 0.6 is 15.9 Å². The summed E-state index contributed by atoms with van der Waals surface area (Å²) in [5.41, 5.74) is 11.3. The van der Waals surface area contributed by atoms with Gasteiger partial charge in [-0.3, -0.25) is 0 Å². The summed E-state index contributed by atoms with van der Waals surface area (Å²) < 4.78 is 1.13. The van der Waals surface area contributed by atoms with Crippen LogP contribution < -0.4 is 10.6 Å². The molecule has 2 N–H and O–H groups in total. The van der Waals surface area contributed by atoms with Crippen molar-refractivity contribution < 1.29 is 0 Å². The number of benzene rings is 2. The Hall–Kier alpha value is -1.32. The van der Waals surface area contributed by atoms with E-state index in [1.807, 2.05) is 0 Å². The molecule has 2 nitrogen and oxygen atoms in total. The lowest BCUT2D eigenvalue weighted by Crippen LogP contribution is -2.31. The van der Waals surface area contributed by atoms with Crippen molar-refractivity contribution in [2.45, 2.75) is 19.4 Å². The third-order valence-corrected chi connectivity index (χ3v) is 4.42. The molecule has 1 aliphatic rings. The van der Waals surface area contributed by atoms with Gasteiger partial charge >= 0.3 is 0 Å². The van der Waals surface area contributed by atoms with E-state index in [0.29, 0.717) is 6.54 Å². The normalized spacial score (nSPS) is 14.2. The van der Waals surface area contributed by atoms with Crippen molar-refractivity contribution >= 4 is 21.6 Å². The highest BCUT2D eigenvalue weighted by Gasteiger charge is 2.18. The van der Waals surface area contributed by atoms with Crippen LogP contribution in [-0.2, 0) is 19.4 Å². The highest BCUT2D eigenvalue weighted by molar-refractivity contribution is 9.10. The van der Waals surface area contributed by atoms with Crippen molar-refractivity contribution in [3.05, 3.63) is 63.6 Å². The van der Waals surface area contributed by atoms with Crippen molar-refractivity contribution in [3.63, 3.8) is 0 Å². The number of fused-ring (bicyclic) bond motifs is 1. The summed E-state index contributed by atoms with van der Waals surface area (Å²) in [5, 5.41) is 0. The van der Waals surface area contributed by atoms with Crippen LogP contribution in [0.2, 0.25) is 0 Å². The van der Waals surface area contributed by atoms with E-state index in [9.17, 15) is 0 Å². The topological polar surface area (TPSA) is 29.3 Å². The van der Waals surface area contributed by atoms with Crippen LogP contribution in [0.1, 0.15) is 16.7 Å². The molecular formula is C17H19BrN2. The van der Waals surface area contributed by atoms with Crippen molar-refractivity contribution in [1.29, 1.82) is 0 Å². The smallest absolute Gasteiger partial charge is 0.0432 e. The van der Waals surface area contributed by atoms with Gasteiger partial charge in [0.25, 0.3) is 0 Å². The molecule has 0 unspecified atom stereocenters. The summed E-state index contributed by atoms with van der Waals surface area (Å²) in [5.74, 6) is 0. The van der Waals surface area contributed by atoms with E-state index in [1.54, 1.807) is 0 Å². The minimum atomic E-state index is 0.688. The minimum Gasteiger partial charge on any atom is -0.367 e. The van der Waals surface area contributed by atoms with E-state index in [1.165, 1.54) is 22.4 Å². The van der Waals surface area contributed by atoms with Gasteiger partial charge in [0.2, 0.25) is 0 Å². The molecule has 0 saturated carbocycles. The average molecular weight is 331 g/mol. The quantitative estimate of drug-likeness (QED) is 0.933. The van der Waals surface area contributed by atoms with Crippen LogP contribution in [0.5, 0.6) is 0 Å². The zero-order valence-corrected chi connectivity index (χ0v) is 13.1. The SMILES string of the molecule is NCCc1cc(Br)ccc1N1CCc2ccccc2C1. The van der Waals surface area contributed by atoms with Crippen molar-refractivity contribution in [3.8, 4) is 0 Å². The Kier molecular flexibility index (Phi) is 4.08. The van der Waals surface area contributed by atoms with Crippen molar-refractivity contribution in [2.75, 3.05) is 18.0 Å². The van der Waals surface area contributed by atoms with Gasteiger partial charge in [-0.1, -0.05) is 40.2 Å². The van der Waals surface area contributed by atoms with Gasteiger partial charge in [-0.2, -0.15) is 0 Å². The molecule has 2 aromatic rings. The highest BCUT2D eigenvalue weighted by Crippen LogP contribution is 2.29. The third-order valence-electron chi connectivity index (χ3n) is 3.93. The number of nitrogens with two attached hydrogens (primary N) is 1. The Morgan fingerprint density at radius 2 is 1.90 bits per heavy atom. The molecule has 0 radical (unpaired) electrons. The van der Waals surface area contributed by atoms with Crippen LogP contribution in [0.3, 0.4) is 0 Å². The predicted molar refractivity (Wildman–Crippen MR) is 88.1 cm³/mol. The number of rotatable bonds is 3. The van der Waals surface area contributed by atoms with Gasteiger partial charge in [-0.05, 0) is 54.3 Å². The average Bonchev–Trinajstić information content (AvgIpc) is 2.47. The van der Waals surface area contributed by atoms with Crippen LogP contribution in [-0.4, -0.2) is 13.1 Å². The van der Waals surface area contributed by atoms with Crippen molar-refractivity contribution in [1.82, 2.24) is 0 Å². The second-order valence-corrected chi connectivity index (χ2v) is 6.17. The summed E-state index contributed by atoms with van der Waals surface area (Å²) in [6.45, 7) is 2.76. The number of hydrogen-bond acceptors (Lipinski definition) is 2. The lowest BCUT2D eigenvalue weighted by molar-refractivity contribution is 0.726. The van der Waals surface area contributed by atoms with E-state index in [0.717, 1.165) is 30.4 Å². The van der Waals surface area contributed by atoms with Gasteiger partial charge < -0.3 is 10.6 Å². The fourth-order valence-electron chi connectivity index (χ4n) is 2.92. The summed E-state index contributed by atoms with van der Waals surface area (Å²) >= 11 is 3.56. The molecule has 3 heteroatoms. The lowest BCUT2D eigenvalue weighted by Gasteiger charge is -2.32. The minimum absolute atomic E-state index is 0.688. The van der Waals surface area contributed by atoms with Gasteiger partial charge in [0, 0.05) is 23.2 Å². The second-order valence-electron chi connectivity index (χ2n) is 5.25. The summed E-state index contributed by atoms with van der Waals surface area (Å²) in [6, 6.07) is 15.3. The first-order valence-electron chi connectivity index (χ1n) is 7.08. The van der Waals surface area contributed by atoms with Crippen LogP contribution in [0.15, 0.2) is 46.9 Å². The molecule has 0 saturated heterocycles. The van der Waals surface area contributed by atoms with Gasteiger partial charge in [0.15, 0.2) is 0 Å². The number of halogens is 1. The van der Waals surface area contributed by atoms with E-state index >= 15 is 0 Å². The van der Waals surface area contributed by atoms with E-state index in [2.05, 4.69) is 63.3 Å². The molecule has 2 aromatic carbocycles. The predicted octanol–water partition coefficient (Wildman–Crippen LogP) is 3.51. The van der Waals surface area contributed by atoms with E-state index < -0.39 is 0 Å². The molecule has 104 valence electrons. The Morgan fingerprint density at radius 1 is 1.10 bits per heavy atom. The number of anilines is 1. The molecule has 3 rings (SSSR count). The molecule has 0 amide bonds. The largest absolute Gasteiger partial charge is 0.367 e. The Balaban J connectivity index is 1.91. The first kappa shape index (κ1) is 13.7. The molecule has 0 fully saturated rings. The van der Waals surface area contributed by atoms with Gasteiger partial charge in [0.1, 0.15) is 0 Å². The molecule has 0 atom stereocenters. The van der Waals surface area contributed by atoms with Crippen LogP contribution in [0, 0.1) is 0 Å². The van der Waals surface area contributed by atoms with E-state index in [-0.39, 0.29) is 0 Å². The zero-order valence-electron chi connectivity index (χ0n) is 11.5. The van der Waals surface area contributed by atoms with E-state index in [4.69, 9.17) is 5.73 Å². The molecule has 0 aliphatic carbocycles. The molecule has 0 aromatic heterocycles. The summed E-state index contributed by atoms with van der Waals surface area (Å²) in [7, 11) is 0. The van der Waals surface area contributed by atoms with Gasteiger partial charge in [-0.15, -0.1) is 0 Å². The lowest BCUT2D eigenvalue weighted by atomic mass is 9.98. The number of nitrogens with zero attached hydrogens (tertiary/aromatic N) is 1. The first-order valence-corrected chi connectivity index (χ1v) is 7.87. The van der Waals surface area contributed by atoms with Gasteiger partial charge in [-0.25, -0.2) is 0 Å². The maximum absolute atomic E-state index is 5.75.